The van der Waals surface area contributed by atoms with Gasteiger partial charge in [-0.05, 0) is 54.4 Å². The molecule has 9 heteroatoms. The number of aryl methyl sites for hydroxylation is 1. The van der Waals surface area contributed by atoms with Crippen LogP contribution in [0.3, 0.4) is 0 Å². The van der Waals surface area contributed by atoms with E-state index in [2.05, 4.69) is 10.5 Å². The molecule has 0 saturated heterocycles. The Kier molecular flexibility index (Phi) is 6.89. The zero-order valence-corrected chi connectivity index (χ0v) is 16.6. The van der Waals surface area contributed by atoms with Crippen molar-refractivity contribution in [1.82, 2.24) is 5.43 Å². The number of carbonyl (C=O) groups is 2. The van der Waals surface area contributed by atoms with Gasteiger partial charge in [0.25, 0.3) is 5.91 Å². The largest absolute Gasteiger partial charge is 0.427 e. The molecule has 148 valence electrons. The summed E-state index contributed by atoms with van der Waals surface area (Å²) in [5, 5.41) is 3.82. The Morgan fingerprint density at radius 2 is 1.86 bits per heavy atom. The summed E-state index contributed by atoms with van der Waals surface area (Å²) in [6, 6.07) is 13.4. The van der Waals surface area contributed by atoms with Crippen molar-refractivity contribution < 1.29 is 22.7 Å². The van der Waals surface area contributed by atoms with E-state index < -0.39 is 28.4 Å². The first-order valence-electron chi connectivity index (χ1n) is 8.30. The van der Waals surface area contributed by atoms with Gasteiger partial charge in [0.15, 0.2) is 0 Å². The van der Waals surface area contributed by atoms with Crippen molar-refractivity contribution in [2.75, 3.05) is 17.1 Å². The Hall–Kier alpha value is -3.20. The van der Waals surface area contributed by atoms with Crippen molar-refractivity contribution in [3.8, 4) is 5.75 Å². The molecule has 2 aromatic carbocycles. The molecule has 0 radical (unpaired) electrons. The summed E-state index contributed by atoms with van der Waals surface area (Å²) in [6.07, 6.45) is 2.43. The Balaban J connectivity index is 2.01. The lowest BCUT2D eigenvalue weighted by Gasteiger charge is -2.21. The van der Waals surface area contributed by atoms with Gasteiger partial charge >= 0.3 is 5.97 Å². The monoisotopic (exact) mass is 403 g/mol. The fourth-order valence-corrected chi connectivity index (χ4v) is 3.16. The molecule has 0 heterocycles. The van der Waals surface area contributed by atoms with Crippen LogP contribution in [0.25, 0.3) is 0 Å². The molecule has 8 nitrogen and oxygen atoms in total. The van der Waals surface area contributed by atoms with Gasteiger partial charge in [-0.3, -0.25) is 13.9 Å². The zero-order chi connectivity index (χ0) is 20.7. The Labute approximate surface area is 163 Å². The molecule has 0 bridgehead atoms. The van der Waals surface area contributed by atoms with Crippen molar-refractivity contribution in [3.63, 3.8) is 0 Å². The lowest BCUT2D eigenvalue weighted by Crippen LogP contribution is -2.39. The van der Waals surface area contributed by atoms with Crippen LogP contribution in [-0.4, -0.2) is 39.3 Å². The SMILES string of the molecule is CC(=O)Oc1ccc(/C=N/NC(=O)CN(c2cccc(C)c2)S(C)(=O)=O)cc1. The van der Waals surface area contributed by atoms with Gasteiger partial charge in [0, 0.05) is 6.92 Å². The fourth-order valence-electron chi connectivity index (χ4n) is 2.32. The second-order valence-electron chi connectivity index (χ2n) is 6.06. The summed E-state index contributed by atoms with van der Waals surface area (Å²) >= 11 is 0. The van der Waals surface area contributed by atoms with Gasteiger partial charge in [0.05, 0.1) is 18.2 Å². The summed E-state index contributed by atoms with van der Waals surface area (Å²) in [7, 11) is -3.64. The highest BCUT2D eigenvalue weighted by Gasteiger charge is 2.20. The number of rotatable bonds is 7. The minimum atomic E-state index is -3.64. The molecule has 0 fully saturated rings. The number of nitrogens with zero attached hydrogens (tertiary/aromatic N) is 2. The van der Waals surface area contributed by atoms with Crippen molar-refractivity contribution in [2.45, 2.75) is 13.8 Å². The highest BCUT2D eigenvalue weighted by atomic mass is 32.2. The molecule has 0 unspecified atom stereocenters. The van der Waals surface area contributed by atoms with E-state index in [0.29, 0.717) is 17.0 Å². The van der Waals surface area contributed by atoms with Crippen LogP contribution < -0.4 is 14.5 Å². The minimum absolute atomic E-state index is 0.398. The van der Waals surface area contributed by atoms with Crippen LogP contribution in [0.2, 0.25) is 0 Å². The highest BCUT2D eigenvalue weighted by Crippen LogP contribution is 2.18. The van der Waals surface area contributed by atoms with E-state index in [0.717, 1.165) is 16.1 Å². The normalized spacial score (nSPS) is 11.2. The molecule has 0 aromatic heterocycles. The molecule has 0 aliphatic carbocycles. The number of sulfonamides is 1. The fraction of sp³-hybridized carbons (Fsp3) is 0.211. The molecular weight excluding hydrogens is 382 g/mol. The molecule has 28 heavy (non-hydrogen) atoms. The molecule has 0 spiro atoms. The Morgan fingerprint density at radius 3 is 2.43 bits per heavy atom. The average Bonchev–Trinajstić information content (AvgIpc) is 2.60. The van der Waals surface area contributed by atoms with Crippen LogP contribution in [0.5, 0.6) is 5.75 Å². The van der Waals surface area contributed by atoms with Gasteiger partial charge in [-0.1, -0.05) is 12.1 Å². The number of esters is 1. The first kappa shape index (κ1) is 21.1. The first-order chi connectivity index (χ1) is 13.1. The summed E-state index contributed by atoms with van der Waals surface area (Å²) in [5.41, 5.74) is 4.25. The highest BCUT2D eigenvalue weighted by molar-refractivity contribution is 7.92. The number of ether oxygens (including phenoxy) is 1. The van der Waals surface area contributed by atoms with Crippen LogP contribution in [0, 0.1) is 6.92 Å². The van der Waals surface area contributed by atoms with E-state index in [1.165, 1.54) is 13.1 Å². The summed E-state index contributed by atoms with van der Waals surface area (Å²) in [6.45, 7) is 2.74. The van der Waals surface area contributed by atoms with Gasteiger partial charge < -0.3 is 4.74 Å². The number of amides is 1. The number of benzene rings is 2. The van der Waals surface area contributed by atoms with Crippen LogP contribution in [0.1, 0.15) is 18.1 Å². The smallest absolute Gasteiger partial charge is 0.308 e. The van der Waals surface area contributed by atoms with Crippen LogP contribution in [0.4, 0.5) is 5.69 Å². The van der Waals surface area contributed by atoms with Gasteiger partial charge in [0.1, 0.15) is 12.3 Å². The number of carbonyl (C=O) groups excluding carboxylic acids is 2. The quantitative estimate of drug-likeness (QED) is 0.329. The van der Waals surface area contributed by atoms with Crippen LogP contribution in [-0.2, 0) is 19.6 Å². The third-order valence-electron chi connectivity index (χ3n) is 3.52. The third kappa shape index (κ3) is 6.51. The zero-order valence-electron chi connectivity index (χ0n) is 15.7. The Morgan fingerprint density at radius 1 is 1.18 bits per heavy atom. The molecule has 1 amide bonds. The maximum absolute atomic E-state index is 12.1. The second-order valence-corrected chi connectivity index (χ2v) is 7.97. The predicted molar refractivity (Wildman–Crippen MR) is 107 cm³/mol. The maximum Gasteiger partial charge on any atom is 0.308 e. The predicted octanol–water partition coefficient (Wildman–Crippen LogP) is 1.84. The van der Waals surface area contributed by atoms with E-state index in [1.807, 2.05) is 13.0 Å². The lowest BCUT2D eigenvalue weighted by atomic mass is 10.2. The Bertz CT molecular complexity index is 985. The number of hydrogen-bond donors (Lipinski definition) is 1. The van der Waals surface area contributed by atoms with Gasteiger partial charge in [-0.25, -0.2) is 13.8 Å². The molecule has 1 N–H and O–H groups in total. The molecule has 0 aliphatic rings. The first-order valence-corrected chi connectivity index (χ1v) is 10.1. The lowest BCUT2D eigenvalue weighted by molar-refractivity contribution is -0.131. The average molecular weight is 403 g/mol. The van der Waals surface area contributed by atoms with Gasteiger partial charge in [-0.15, -0.1) is 0 Å². The summed E-state index contributed by atoms with van der Waals surface area (Å²) < 4.78 is 30.0. The van der Waals surface area contributed by atoms with E-state index in [4.69, 9.17) is 4.74 Å². The van der Waals surface area contributed by atoms with Crippen LogP contribution >= 0.6 is 0 Å². The van der Waals surface area contributed by atoms with E-state index in [-0.39, 0.29) is 0 Å². The van der Waals surface area contributed by atoms with E-state index in [1.54, 1.807) is 42.5 Å². The number of anilines is 1. The molecule has 0 aliphatic heterocycles. The van der Waals surface area contributed by atoms with Crippen molar-refractivity contribution in [3.05, 3.63) is 59.7 Å². The topological polar surface area (TPSA) is 105 Å². The summed E-state index contributed by atoms with van der Waals surface area (Å²) in [5.74, 6) is -0.604. The van der Waals surface area contributed by atoms with Crippen molar-refractivity contribution in [2.24, 2.45) is 5.10 Å². The van der Waals surface area contributed by atoms with Crippen molar-refractivity contribution in [1.29, 1.82) is 0 Å². The van der Waals surface area contributed by atoms with Crippen molar-refractivity contribution >= 4 is 33.8 Å². The summed E-state index contributed by atoms with van der Waals surface area (Å²) in [4.78, 5) is 23.0. The van der Waals surface area contributed by atoms with E-state index in [9.17, 15) is 18.0 Å². The number of nitrogens with one attached hydrogen (secondary N) is 1. The molecular formula is C19H21N3O5S. The number of hydrazone groups is 1. The number of hydrogen-bond acceptors (Lipinski definition) is 6. The van der Waals surface area contributed by atoms with Gasteiger partial charge in [-0.2, -0.15) is 5.10 Å². The molecule has 2 aromatic rings. The van der Waals surface area contributed by atoms with Crippen LogP contribution in [0.15, 0.2) is 53.6 Å². The maximum atomic E-state index is 12.1. The second kappa shape index (κ2) is 9.14. The third-order valence-corrected chi connectivity index (χ3v) is 4.66. The van der Waals surface area contributed by atoms with Gasteiger partial charge in [0.2, 0.25) is 10.0 Å². The standard InChI is InChI=1S/C19H21N3O5S/c1-14-5-4-6-17(11-14)22(28(3,25)26)13-19(24)21-20-12-16-7-9-18(10-8-16)27-15(2)23/h4-12H,13H2,1-3H3,(H,21,24)/b20-12+. The molecule has 2 rings (SSSR count). The molecule has 0 atom stereocenters. The molecule has 0 saturated carbocycles. The van der Waals surface area contributed by atoms with E-state index >= 15 is 0 Å². The minimum Gasteiger partial charge on any atom is -0.427 e.